The number of likely N-dealkylation sites (N-methyl/N-ethyl adjacent to an activating group) is 1. The lowest BCUT2D eigenvalue weighted by atomic mass is 10.1. The average molecular weight is 381 g/mol. The van der Waals surface area contributed by atoms with Gasteiger partial charge in [0.1, 0.15) is 5.75 Å². The van der Waals surface area contributed by atoms with E-state index in [-0.39, 0.29) is 5.75 Å². The average Bonchev–Trinajstić information content (AvgIpc) is 2.60. The van der Waals surface area contributed by atoms with E-state index in [1.807, 2.05) is 43.3 Å². The summed E-state index contributed by atoms with van der Waals surface area (Å²) in [6.07, 6.45) is -4.71. The van der Waals surface area contributed by atoms with Crippen molar-refractivity contribution in [2.45, 2.75) is 26.0 Å². The molecule has 2 N–H and O–H groups in total. The third-order valence-corrected chi connectivity index (χ3v) is 4.09. The Morgan fingerprint density at radius 2 is 1.63 bits per heavy atom. The van der Waals surface area contributed by atoms with E-state index in [1.54, 1.807) is 18.2 Å². The van der Waals surface area contributed by atoms with Gasteiger partial charge in [0.2, 0.25) is 0 Å². The van der Waals surface area contributed by atoms with Crippen molar-refractivity contribution in [3.05, 3.63) is 65.2 Å². The van der Waals surface area contributed by atoms with Gasteiger partial charge in [0, 0.05) is 38.3 Å². The second kappa shape index (κ2) is 9.73. The molecular formula is C20H26F3N3O. The Kier molecular flexibility index (Phi) is 7.65. The highest BCUT2D eigenvalue weighted by molar-refractivity contribution is 5.33. The highest BCUT2D eigenvalue weighted by Gasteiger charge is 2.32. The molecule has 0 fully saturated rings. The summed E-state index contributed by atoms with van der Waals surface area (Å²) >= 11 is 0. The first-order valence-corrected chi connectivity index (χ1v) is 8.75. The molecule has 4 nitrogen and oxygen atoms in total. The molecule has 0 saturated heterocycles. The van der Waals surface area contributed by atoms with Gasteiger partial charge in [-0.25, -0.2) is 0 Å². The fourth-order valence-electron chi connectivity index (χ4n) is 2.77. The Morgan fingerprint density at radius 3 is 2.30 bits per heavy atom. The summed E-state index contributed by atoms with van der Waals surface area (Å²) < 4.78 is 42.3. The maximum absolute atomic E-state index is 12.7. The van der Waals surface area contributed by atoms with Crippen molar-refractivity contribution < 1.29 is 17.9 Å². The minimum Gasteiger partial charge on any atom is -0.405 e. The maximum atomic E-state index is 12.7. The first-order chi connectivity index (χ1) is 12.8. The predicted octanol–water partition coefficient (Wildman–Crippen LogP) is 3.61. The van der Waals surface area contributed by atoms with Crippen LogP contribution in [-0.2, 0) is 19.6 Å². The van der Waals surface area contributed by atoms with Crippen molar-refractivity contribution in [3.63, 3.8) is 0 Å². The highest BCUT2D eigenvalue weighted by Crippen LogP contribution is 2.27. The van der Waals surface area contributed by atoms with E-state index in [2.05, 4.69) is 9.64 Å². The van der Waals surface area contributed by atoms with Crippen LogP contribution in [0.5, 0.6) is 5.75 Å². The van der Waals surface area contributed by atoms with Gasteiger partial charge in [0.05, 0.1) is 0 Å². The van der Waals surface area contributed by atoms with Crippen molar-refractivity contribution in [3.8, 4) is 5.75 Å². The zero-order chi connectivity index (χ0) is 19.9. The quantitative estimate of drug-likeness (QED) is 0.721. The van der Waals surface area contributed by atoms with Crippen molar-refractivity contribution in [2.24, 2.45) is 5.73 Å². The normalized spacial score (nSPS) is 12.0. The molecule has 0 amide bonds. The largest absolute Gasteiger partial charge is 0.573 e. The number of alkyl halides is 3. The van der Waals surface area contributed by atoms with Gasteiger partial charge in [0.15, 0.2) is 0 Å². The van der Waals surface area contributed by atoms with Gasteiger partial charge >= 0.3 is 6.36 Å². The molecule has 0 aliphatic rings. The summed E-state index contributed by atoms with van der Waals surface area (Å²) in [6.45, 7) is 2.92. The fraction of sp³-hybridized carbons (Fsp3) is 0.400. The van der Waals surface area contributed by atoms with Crippen LogP contribution >= 0.6 is 0 Å². The van der Waals surface area contributed by atoms with Gasteiger partial charge in [-0.05, 0) is 31.3 Å². The molecule has 0 bridgehead atoms. The lowest BCUT2D eigenvalue weighted by Gasteiger charge is -2.25. The number of rotatable bonds is 9. The summed E-state index contributed by atoms with van der Waals surface area (Å²) in [5, 5.41) is 0. The zero-order valence-corrected chi connectivity index (χ0v) is 15.7. The van der Waals surface area contributed by atoms with Crippen LogP contribution in [0, 0.1) is 0 Å². The maximum Gasteiger partial charge on any atom is 0.573 e. The van der Waals surface area contributed by atoms with Crippen LogP contribution in [0.1, 0.15) is 16.7 Å². The number of para-hydroxylation sites is 1. The molecule has 2 rings (SSSR count). The van der Waals surface area contributed by atoms with Gasteiger partial charge in [-0.2, -0.15) is 0 Å². The van der Waals surface area contributed by atoms with E-state index in [9.17, 15) is 13.2 Å². The van der Waals surface area contributed by atoms with Crippen molar-refractivity contribution in [2.75, 3.05) is 27.2 Å². The van der Waals surface area contributed by atoms with E-state index in [1.165, 1.54) is 6.07 Å². The van der Waals surface area contributed by atoms with E-state index in [4.69, 9.17) is 5.73 Å². The number of nitrogens with two attached hydrogens (primary N) is 1. The third-order valence-electron chi connectivity index (χ3n) is 4.09. The zero-order valence-electron chi connectivity index (χ0n) is 15.7. The molecule has 2 aromatic carbocycles. The van der Waals surface area contributed by atoms with Crippen molar-refractivity contribution in [1.82, 2.24) is 9.80 Å². The fourth-order valence-corrected chi connectivity index (χ4v) is 2.77. The van der Waals surface area contributed by atoms with Crippen LogP contribution in [-0.4, -0.2) is 43.3 Å². The second-order valence-corrected chi connectivity index (χ2v) is 6.69. The molecule has 0 spiro atoms. The summed E-state index contributed by atoms with van der Waals surface area (Å²) in [5.41, 5.74) is 8.31. The molecule has 27 heavy (non-hydrogen) atoms. The summed E-state index contributed by atoms with van der Waals surface area (Å²) in [4.78, 5) is 4.15. The summed E-state index contributed by atoms with van der Waals surface area (Å²) in [7, 11) is 3.93. The molecule has 7 heteroatoms. The number of ether oxygens (including phenoxy) is 1. The molecule has 0 heterocycles. The van der Waals surface area contributed by atoms with Crippen LogP contribution in [0.3, 0.4) is 0 Å². The molecule has 2 aromatic rings. The number of halogens is 3. The molecule has 0 atom stereocenters. The Morgan fingerprint density at radius 1 is 0.926 bits per heavy atom. The van der Waals surface area contributed by atoms with Gasteiger partial charge in [-0.1, -0.05) is 42.5 Å². The van der Waals surface area contributed by atoms with Crippen LogP contribution in [0.25, 0.3) is 0 Å². The Hall–Kier alpha value is -2.09. The van der Waals surface area contributed by atoms with Crippen LogP contribution in [0.15, 0.2) is 48.5 Å². The molecule has 0 unspecified atom stereocenters. The SMILES string of the molecule is CN(C)CCN(Cc1cccc(CN)c1)Cc1ccccc1OC(F)(F)F. The molecular weight excluding hydrogens is 355 g/mol. The van der Waals surface area contributed by atoms with Crippen LogP contribution < -0.4 is 10.5 Å². The third kappa shape index (κ3) is 7.58. The molecule has 0 aliphatic carbocycles. The van der Waals surface area contributed by atoms with E-state index in [0.717, 1.165) is 17.7 Å². The van der Waals surface area contributed by atoms with E-state index in [0.29, 0.717) is 31.7 Å². The Balaban J connectivity index is 2.19. The molecule has 0 radical (unpaired) electrons. The summed E-state index contributed by atoms with van der Waals surface area (Å²) in [6, 6.07) is 14.2. The van der Waals surface area contributed by atoms with Crippen LogP contribution in [0.2, 0.25) is 0 Å². The molecule has 148 valence electrons. The van der Waals surface area contributed by atoms with E-state index >= 15 is 0 Å². The molecule has 0 saturated carbocycles. The number of hydrogen-bond donors (Lipinski definition) is 1. The van der Waals surface area contributed by atoms with Crippen LogP contribution in [0.4, 0.5) is 13.2 Å². The molecule has 0 aliphatic heterocycles. The topological polar surface area (TPSA) is 41.7 Å². The lowest BCUT2D eigenvalue weighted by Crippen LogP contribution is -2.31. The van der Waals surface area contributed by atoms with Crippen molar-refractivity contribution in [1.29, 1.82) is 0 Å². The number of benzene rings is 2. The Labute approximate surface area is 158 Å². The van der Waals surface area contributed by atoms with Gasteiger partial charge < -0.3 is 15.4 Å². The van der Waals surface area contributed by atoms with Gasteiger partial charge in [0.25, 0.3) is 0 Å². The van der Waals surface area contributed by atoms with Gasteiger partial charge in [-0.3, -0.25) is 4.90 Å². The second-order valence-electron chi connectivity index (χ2n) is 6.69. The Bertz CT molecular complexity index is 720. The minimum atomic E-state index is -4.71. The molecule has 0 aromatic heterocycles. The minimum absolute atomic E-state index is 0.157. The predicted molar refractivity (Wildman–Crippen MR) is 100 cm³/mol. The first-order valence-electron chi connectivity index (χ1n) is 8.75. The van der Waals surface area contributed by atoms with Crippen molar-refractivity contribution >= 4 is 0 Å². The standard InChI is InChI=1S/C20H26F3N3O/c1-25(2)10-11-26(14-17-7-5-6-16(12-17)13-24)15-18-8-3-4-9-19(18)27-20(21,22)23/h3-9,12H,10-11,13-15,24H2,1-2H3. The monoisotopic (exact) mass is 381 g/mol. The lowest BCUT2D eigenvalue weighted by molar-refractivity contribution is -0.275. The highest BCUT2D eigenvalue weighted by atomic mass is 19.4. The number of nitrogens with zero attached hydrogens (tertiary/aromatic N) is 2. The number of hydrogen-bond acceptors (Lipinski definition) is 4. The summed E-state index contributed by atoms with van der Waals surface area (Å²) in [5.74, 6) is -0.157. The smallest absolute Gasteiger partial charge is 0.405 e. The first kappa shape index (κ1) is 21.2. The van der Waals surface area contributed by atoms with Gasteiger partial charge in [-0.15, -0.1) is 13.2 Å². The van der Waals surface area contributed by atoms with E-state index < -0.39 is 6.36 Å².